The van der Waals surface area contributed by atoms with Crippen LogP contribution in [0.4, 0.5) is 0 Å². The van der Waals surface area contributed by atoms with Gasteiger partial charge in [-0.3, -0.25) is 4.79 Å². The van der Waals surface area contributed by atoms with Crippen LogP contribution >= 0.6 is 54.8 Å². The van der Waals surface area contributed by atoms with E-state index in [1.54, 1.807) is 25.3 Å². The second-order valence-corrected chi connectivity index (χ2v) is 7.98. The van der Waals surface area contributed by atoms with E-state index in [0.29, 0.717) is 16.3 Å². The van der Waals surface area contributed by atoms with E-state index in [-0.39, 0.29) is 12.2 Å². The molecule has 1 aromatic heterocycles. The van der Waals surface area contributed by atoms with Crippen molar-refractivity contribution in [1.29, 1.82) is 0 Å². The Morgan fingerprint density at radius 2 is 2.11 bits per heavy atom. The normalized spacial score (nSPS) is 10.5. The third kappa shape index (κ3) is 3.60. The van der Waals surface area contributed by atoms with Crippen molar-refractivity contribution >= 4 is 60.6 Å². The molecular formula is C13H9Br2ClO2S. The lowest BCUT2D eigenvalue weighted by Gasteiger charge is -2.08. The maximum atomic E-state index is 12.3. The van der Waals surface area contributed by atoms with Crippen LogP contribution in [0.25, 0.3) is 0 Å². The van der Waals surface area contributed by atoms with Crippen LogP contribution in [0.2, 0.25) is 5.02 Å². The van der Waals surface area contributed by atoms with Gasteiger partial charge in [-0.05, 0) is 56.1 Å². The molecule has 0 saturated carbocycles. The van der Waals surface area contributed by atoms with E-state index in [0.717, 1.165) is 13.1 Å². The van der Waals surface area contributed by atoms with E-state index in [9.17, 15) is 4.79 Å². The summed E-state index contributed by atoms with van der Waals surface area (Å²) in [5.41, 5.74) is 1.45. The molecule has 0 aliphatic rings. The molecule has 0 radical (unpaired) electrons. The Balaban J connectivity index is 2.28. The number of hydrogen-bond donors (Lipinski definition) is 0. The van der Waals surface area contributed by atoms with Crippen molar-refractivity contribution in [2.75, 3.05) is 7.11 Å². The highest BCUT2D eigenvalue weighted by Gasteiger charge is 2.16. The Morgan fingerprint density at radius 3 is 2.68 bits per heavy atom. The first kappa shape index (κ1) is 15.0. The Bertz CT molecular complexity index is 625. The number of Topliss-reactive ketones (excluding diaryl/α,β-unsaturated/α-hetero) is 1. The highest BCUT2D eigenvalue weighted by molar-refractivity contribution is 9.12. The summed E-state index contributed by atoms with van der Waals surface area (Å²) in [5.74, 6) is 0.692. The molecule has 0 amide bonds. The summed E-state index contributed by atoms with van der Waals surface area (Å²) in [5, 5.41) is 0.592. The molecule has 0 aliphatic carbocycles. The number of hydrogen-bond acceptors (Lipinski definition) is 3. The van der Waals surface area contributed by atoms with E-state index >= 15 is 0 Å². The number of rotatable bonds is 4. The Morgan fingerprint density at radius 1 is 1.37 bits per heavy atom. The van der Waals surface area contributed by atoms with Crippen LogP contribution in [0, 0.1) is 0 Å². The van der Waals surface area contributed by atoms with E-state index in [1.807, 2.05) is 6.07 Å². The standard InChI is InChI=1S/C13H9Br2ClO2S/c1-18-11-3-2-8(16)4-7(11)5-10(17)9-6-12(14)19-13(9)15/h2-4,6H,5H2,1H3. The van der Waals surface area contributed by atoms with Crippen molar-refractivity contribution in [2.24, 2.45) is 0 Å². The van der Waals surface area contributed by atoms with Gasteiger partial charge in [0.25, 0.3) is 0 Å². The quantitative estimate of drug-likeness (QED) is 0.618. The number of halogens is 3. The van der Waals surface area contributed by atoms with Crippen molar-refractivity contribution in [1.82, 2.24) is 0 Å². The largest absolute Gasteiger partial charge is 0.496 e. The molecule has 0 bridgehead atoms. The summed E-state index contributed by atoms with van der Waals surface area (Å²) < 4.78 is 6.99. The lowest BCUT2D eigenvalue weighted by atomic mass is 10.0. The molecule has 19 heavy (non-hydrogen) atoms. The fourth-order valence-electron chi connectivity index (χ4n) is 1.68. The van der Waals surface area contributed by atoms with Crippen LogP contribution in [0.5, 0.6) is 5.75 Å². The molecule has 6 heteroatoms. The Labute approximate surface area is 137 Å². The fraction of sp³-hybridized carbons (Fsp3) is 0.154. The number of benzene rings is 1. The molecule has 0 atom stereocenters. The van der Waals surface area contributed by atoms with E-state index in [4.69, 9.17) is 16.3 Å². The summed E-state index contributed by atoms with van der Waals surface area (Å²) in [7, 11) is 1.58. The zero-order valence-corrected chi connectivity index (χ0v) is 14.6. The fourth-order valence-corrected chi connectivity index (χ4v) is 4.73. The summed E-state index contributed by atoms with van der Waals surface area (Å²) >= 11 is 14.2. The maximum Gasteiger partial charge on any atom is 0.169 e. The summed E-state index contributed by atoms with van der Waals surface area (Å²) in [6.07, 6.45) is 0.255. The Kier molecular flexibility index (Phi) is 5.06. The van der Waals surface area contributed by atoms with Crippen molar-refractivity contribution in [3.8, 4) is 5.75 Å². The smallest absolute Gasteiger partial charge is 0.169 e. The molecule has 2 aromatic rings. The number of methoxy groups -OCH3 is 1. The highest BCUT2D eigenvalue weighted by atomic mass is 79.9. The zero-order valence-electron chi connectivity index (χ0n) is 9.88. The van der Waals surface area contributed by atoms with Crippen LogP contribution in [0.1, 0.15) is 15.9 Å². The predicted octanol–water partition coefficient (Wildman–Crippen LogP) is 5.36. The highest BCUT2D eigenvalue weighted by Crippen LogP contribution is 2.33. The Hall–Kier alpha value is -0.360. The molecular weight excluding hydrogens is 415 g/mol. The molecule has 2 nitrogen and oxygen atoms in total. The van der Waals surface area contributed by atoms with Gasteiger partial charge in [-0.15, -0.1) is 11.3 Å². The number of carbonyl (C=O) groups is 1. The van der Waals surface area contributed by atoms with Gasteiger partial charge < -0.3 is 4.74 Å². The SMILES string of the molecule is COc1ccc(Cl)cc1CC(=O)c1cc(Br)sc1Br. The maximum absolute atomic E-state index is 12.3. The number of carbonyl (C=O) groups excluding carboxylic acids is 1. The van der Waals surface area contributed by atoms with Crippen LogP contribution in [0.3, 0.4) is 0 Å². The first-order valence-electron chi connectivity index (χ1n) is 5.31. The minimum atomic E-state index is 0.0226. The molecule has 1 aromatic carbocycles. The number of ketones is 1. The number of ether oxygens (including phenoxy) is 1. The van der Waals surface area contributed by atoms with Crippen molar-refractivity contribution < 1.29 is 9.53 Å². The van der Waals surface area contributed by atoms with Crippen molar-refractivity contribution in [3.63, 3.8) is 0 Å². The average Bonchev–Trinajstić information content (AvgIpc) is 2.69. The molecule has 100 valence electrons. The summed E-state index contributed by atoms with van der Waals surface area (Å²) in [6, 6.07) is 7.08. The molecule has 0 aliphatic heterocycles. The minimum Gasteiger partial charge on any atom is -0.496 e. The van der Waals surface area contributed by atoms with E-state index in [2.05, 4.69) is 31.9 Å². The molecule has 0 saturated heterocycles. The molecule has 1 heterocycles. The van der Waals surface area contributed by atoms with Gasteiger partial charge in [0, 0.05) is 22.6 Å². The van der Waals surface area contributed by atoms with Crippen molar-refractivity contribution in [3.05, 3.63) is 48.0 Å². The molecule has 0 spiro atoms. The van der Waals surface area contributed by atoms with Crippen LogP contribution in [0.15, 0.2) is 31.8 Å². The topological polar surface area (TPSA) is 26.3 Å². The molecule has 2 rings (SSSR count). The second-order valence-electron chi connectivity index (χ2n) is 3.79. The van der Waals surface area contributed by atoms with E-state index in [1.165, 1.54) is 11.3 Å². The first-order chi connectivity index (χ1) is 9.01. The summed E-state index contributed by atoms with van der Waals surface area (Å²) in [4.78, 5) is 12.3. The second kappa shape index (κ2) is 6.39. The van der Waals surface area contributed by atoms with Gasteiger partial charge in [0.05, 0.1) is 14.7 Å². The van der Waals surface area contributed by atoms with Gasteiger partial charge in [-0.25, -0.2) is 0 Å². The van der Waals surface area contributed by atoms with Gasteiger partial charge >= 0.3 is 0 Å². The van der Waals surface area contributed by atoms with Crippen LogP contribution in [-0.4, -0.2) is 12.9 Å². The van der Waals surface area contributed by atoms with E-state index < -0.39 is 0 Å². The minimum absolute atomic E-state index is 0.0226. The average molecular weight is 425 g/mol. The monoisotopic (exact) mass is 422 g/mol. The predicted molar refractivity (Wildman–Crippen MR) is 85.8 cm³/mol. The van der Waals surface area contributed by atoms with Crippen LogP contribution in [-0.2, 0) is 6.42 Å². The molecule has 0 unspecified atom stereocenters. The molecule has 0 fully saturated rings. The lowest BCUT2D eigenvalue weighted by Crippen LogP contribution is -2.04. The third-order valence-electron chi connectivity index (χ3n) is 2.55. The van der Waals surface area contributed by atoms with Crippen molar-refractivity contribution in [2.45, 2.75) is 6.42 Å². The van der Waals surface area contributed by atoms with Gasteiger partial charge in [-0.1, -0.05) is 11.6 Å². The first-order valence-corrected chi connectivity index (χ1v) is 8.09. The van der Waals surface area contributed by atoms with Gasteiger partial charge in [0.1, 0.15) is 5.75 Å². The molecule has 0 N–H and O–H groups in total. The van der Waals surface area contributed by atoms with Gasteiger partial charge in [0.15, 0.2) is 5.78 Å². The lowest BCUT2D eigenvalue weighted by molar-refractivity contribution is 0.0992. The zero-order chi connectivity index (χ0) is 14.0. The van der Waals surface area contributed by atoms with Gasteiger partial charge in [0.2, 0.25) is 0 Å². The van der Waals surface area contributed by atoms with Crippen LogP contribution < -0.4 is 4.74 Å². The number of thiophene rings is 1. The summed E-state index contributed by atoms with van der Waals surface area (Å²) in [6.45, 7) is 0. The third-order valence-corrected chi connectivity index (χ3v) is 5.12. The van der Waals surface area contributed by atoms with Gasteiger partial charge in [-0.2, -0.15) is 0 Å².